The molecule has 2 aromatic rings. The van der Waals surface area contributed by atoms with E-state index in [9.17, 15) is 13.2 Å². The van der Waals surface area contributed by atoms with Gasteiger partial charge in [0.15, 0.2) is 12.5 Å². The van der Waals surface area contributed by atoms with Crippen molar-refractivity contribution in [2.24, 2.45) is 5.92 Å². The maximum Gasteiger partial charge on any atom is 0.268 e. The van der Waals surface area contributed by atoms with Crippen molar-refractivity contribution in [2.75, 3.05) is 6.61 Å². The molecule has 0 bridgehead atoms. The van der Waals surface area contributed by atoms with Crippen molar-refractivity contribution in [3.8, 4) is 0 Å². The van der Waals surface area contributed by atoms with E-state index in [0.29, 0.717) is 6.42 Å². The van der Waals surface area contributed by atoms with E-state index in [1.165, 1.54) is 12.1 Å². The van der Waals surface area contributed by atoms with E-state index in [2.05, 4.69) is 0 Å². The van der Waals surface area contributed by atoms with Crippen molar-refractivity contribution < 1.29 is 27.4 Å². The molecular formula is C21H21NO6S. The largest absolute Gasteiger partial charge is 0.348 e. The number of ether oxygens (including phenoxy) is 3. The van der Waals surface area contributed by atoms with E-state index >= 15 is 0 Å². The van der Waals surface area contributed by atoms with Crippen molar-refractivity contribution in [2.45, 2.75) is 43.0 Å². The Balaban J connectivity index is 1.33. The average Bonchev–Trinajstić information content (AvgIpc) is 2.73. The fraction of sp³-hybridized carbons (Fsp3) is 0.381. The van der Waals surface area contributed by atoms with Crippen molar-refractivity contribution in [3.63, 3.8) is 0 Å². The number of fused-ring (bicyclic) bond motifs is 2. The molecule has 0 saturated carbocycles. The minimum absolute atomic E-state index is 0.0842. The second-order valence-corrected chi connectivity index (χ2v) is 9.42. The fourth-order valence-corrected chi connectivity index (χ4v) is 5.61. The summed E-state index contributed by atoms with van der Waals surface area (Å²) in [5.41, 5.74) is 1.84. The van der Waals surface area contributed by atoms with E-state index < -0.39 is 40.5 Å². The third-order valence-corrected chi connectivity index (χ3v) is 7.46. The smallest absolute Gasteiger partial charge is 0.268 e. The van der Waals surface area contributed by atoms with Crippen molar-refractivity contribution >= 4 is 15.9 Å². The van der Waals surface area contributed by atoms with Crippen LogP contribution in [0.15, 0.2) is 59.5 Å². The van der Waals surface area contributed by atoms with Gasteiger partial charge in [-0.05, 0) is 25.5 Å². The Morgan fingerprint density at radius 1 is 0.966 bits per heavy atom. The Morgan fingerprint density at radius 3 is 2.41 bits per heavy atom. The molecule has 29 heavy (non-hydrogen) atoms. The zero-order valence-corrected chi connectivity index (χ0v) is 16.6. The first kappa shape index (κ1) is 18.7. The minimum Gasteiger partial charge on any atom is -0.348 e. The van der Waals surface area contributed by atoms with Gasteiger partial charge < -0.3 is 14.2 Å². The SMILES string of the molecule is Cc1ccc(S(=O)(=O)N2C(=O)[C@@H]3C[C@@H]4OC(c5ccccc5)OC[C@H]4O[C@@H]32)cc1. The molecule has 3 aliphatic rings. The first-order chi connectivity index (χ1) is 13.9. The van der Waals surface area contributed by atoms with Crippen molar-refractivity contribution in [1.29, 1.82) is 0 Å². The molecule has 3 heterocycles. The van der Waals surface area contributed by atoms with Crippen LogP contribution in [0.2, 0.25) is 0 Å². The predicted octanol–water partition coefficient (Wildman–Crippen LogP) is 2.37. The van der Waals surface area contributed by atoms with Crippen LogP contribution in [0.4, 0.5) is 0 Å². The molecule has 5 rings (SSSR count). The molecule has 8 heteroatoms. The number of amides is 1. The number of rotatable bonds is 3. The van der Waals surface area contributed by atoms with Crippen LogP contribution in [0.5, 0.6) is 0 Å². The van der Waals surface area contributed by atoms with E-state index in [-0.39, 0.29) is 17.6 Å². The zero-order valence-electron chi connectivity index (χ0n) is 15.8. The Kier molecular flexibility index (Phi) is 4.47. The number of carbonyl (C=O) groups is 1. The predicted molar refractivity (Wildman–Crippen MR) is 102 cm³/mol. The summed E-state index contributed by atoms with van der Waals surface area (Å²) in [5, 5.41) is 0. The number of aryl methyl sites for hydroxylation is 1. The van der Waals surface area contributed by atoms with E-state index in [1.807, 2.05) is 37.3 Å². The second-order valence-electron chi connectivity index (χ2n) is 7.61. The lowest BCUT2D eigenvalue weighted by Gasteiger charge is -2.53. The third kappa shape index (κ3) is 3.07. The molecule has 0 aliphatic carbocycles. The van der Waals surface area contributed by atoms with Gasteiger partial charge in [-0.25, -0.2) is 12.7 Å². The lowest BCUT2D eigenvalue weighted by molar-refractivity contribution is -0.314. The standard InChI is InChI=1S/C21H21NO6S/c1-13-7-9-15(10-8-13)29(24,25)22-19(23)16-11-17-18(27-20(16)22)12-26-21(28-17)14-5-3-2-4-6-14/h2-10,16-18,20-21H,11-12H2,1H3/t16-,17-,18+,20-,21?/m0/s1. The fourth-order valence-electron chi connectivity index (χ4n) is 4.06. The highest BCUT2D eigenvalue weighted by molar-refractivity contribution is 7.89. The molecule has 5 atom stereocenters. The molecule has 0 radical (unpaired) electrons. The molecule has 0 aromatic heterocycles. The molecule has 1 unspecified atom stereocenters. The Hall–Kier alpha value is -2.26. The normalized spacial score (nSPS) is 31.6. The van der Waals surface area contributed by atoms with Crippen LogP contribution in [0.25, 0.3) is 0 Å². The zero-order chi connectivity index (χ0) is 20.2. The van der Waals surface area contributed by atoms with Gasteiger partial charge in [0.25, 0.3) is 10.0 Å². The van der Waals surface area contributed by atoms with E-state index in [4.69, 9.17) is 14.2 Å². The molecule has 152 valence electrons. The molecule has 0 N–H and O–H groups in total. The first-order valence-corrected chi connectivity index (χ1v) is 11.0. The van der Waals surface area contributed by atoms with Gasteiger partial charge in [-0.3, -0.25) is 4.79 Å². The third-order valence-electron chi connectivity index (χ3n) is 5.68. The molecule has 3 aliphatic heterocycles. The second kappa shape index (κ2) is 6.91. The van der Waals surface area contributed by atoms with E-state index in [0.717, 1.165) is 15.4 Å². The van der Waals surface area contributed by atoms with Gasteiger partial charge in [0.1, 0.15) is 6.10 Å². The van der Waals surface area contributed by atoms with Crippen LogP contribution in [0, 0.1) is 12.8 Å². The van der Waals surface area contributed by atoms with Crippen LogP contribution in [-0.2, 0) is 29.0 Å². The molecule has 3 saturated heterocycles. The molecule has 3 fully saturated rings. The summed E-state index contributed by atoms with van der Waals surface area (Å²) in [6, 6.07) is 16.0. The number of carbonyl (C=O) groups excluding carboxylic acids is 1. The van der Waals surface area contributed by atoms with Gasteiger partial charge in [-0.1, -0.05) is 48.0 Å². The summed E-state index contributed by atoms with van der Waals surface area (Å²) in [4.78, 5) is 12.8. The average molecular weight is 415 g/mol. The van der Waals surface area contributed by atoms with Crippen LogP contribution in [0.1, 0.15) is 23.8 Å². The van der Waals surface area contributed by atoms with Gasteiger partial charge in [-0.15, -0.1) is 0 Å². The number of hydrogen-bond donors (Lipinski definition) is 0. The van der Waals surface area contributed by atoms with Gasteiger partial charge in [0, 0.05) is 5.56 Å². The van der Waals surface area contributed by atoms with Gasteiger partial charge in [0.2, 0.25) is 5.91 Å². The maximum atomic E-state index is 13.0. The summed E-state index contributed by atoms with van der Waals surface area (Å²) in [6.07, 6.45) is -1.64. The Morgan fingerprint density at radius 2 is 1.69 bits per heavy atom. The molecule has 0 spiro atoms. The van der Waals surface area contributed by atoms with E-state index in [1.54, 1.807) is 12.1 Å². The topological polar surface area (TPSA) is 82.1 Å². The first-order valence-electron chi connectivity index (χ1n) is 9.57. The lowest BCUT2D eigenvalue weighted by Crippen LogP contribution is -2.69. The van der Waals surface area contributed by atoms with Crippen LogP contribution < -0.4 is 0 Å². The van der Waals surface area contributed by atoms with Crippen LogP contribution in [0.3, 0.4) is 0 Å². The van der Waals surface area contributed by atoms with Gasteiger partial charge >= 0.3 is 0 Å². The highest BCUT2D eigenvalue weighted by Gasteiger charge is 2.60. The summed E-state index contributed by atoms with van der Waals surface area (Å²) in [6.45, 7) is 2.15. The number of benzene rings is 2. The number of hydrogen-bond acceptors (Lipinski definition) is 6. The molecule has 1 amide bonds. The van der Waals surface area contributed by atoms with Crippen LogP contribution in [-0.4, -0.2) is 43.7 Å². The molecule has 7 nitrogen and oxygen atoms in total. The summed E-state index contributed by atoms with van der Waals surface area (Å²) in [7, 11) is -3.95. The number of β-lactam (4-membered cyclic amide) rings is 1. The molecular weight excluding hydrogens is 394 g/mol. The van der Waals surface area contributed by atoms with Gasteiger partial charge in [0.05, 0.1) is 23.5 Å². The Labute approximate surface area is 169 Å². The van der Waals surface area contributed by atoms with Gasteiger partial charge in [-0.2, -0.15) is 0 Å². The molecule has 2 aromatic carbocycles. The summed E-state index contributed by atoms with van der Waals surface area (Å²) in [5.74, 6) is -0.966. The highest BCUT2D eigenvalue weighted by Crippen LogP contribution is 2.44. The minimum atomic E-state index is -3.95. The Bertz CT molecular complexity index is 1020. The van der Waals surface area contributed by atoms with Crippen molar-refractivity contribution in [1.82, 2.24) is 4.31 Å². The monoisotopic (exact) mass is 415 g/mol. The summed E-state index contributed by atoms with van der Waals surface area (Å²) < 4.78 is 44.5. The highest BCUT2D eigenvalue weighted by atomic mass is 32.2. The number of nitrogens with zero attached hydrogens (tertiary/aromatic N) is 1. The lowest BCUT2D eigenvalue weighted by atomic mass is 9.87. The maximum absolute atomic E-state index is 13.0. The number of sulfonamides is 1. The summed E-state index contributed by atoms with van der Waals surface area (Å²) >= 11 is 0. The van der Waals surface area contributed by atoms with Crippen molar-refractivity contribution in [3.05, 3.63) is 65.7 Å². The van der Waals surface area contributed by atoms with Crippen LogP contribution >= 0.6 is 0 Å². The quantitative estimate of drug-likeness (QED) is 0.716.